The maximum absolute atomic E-state index is 12.0. The quantitative estimate of drug-likeness (QED) is 0.833. The zero-order chi connectivity index (χ0) is 14.6. The Morgan fingerprint density at radius 1 is 1.37 bits per heavy atom. The Balaban J connectivity index is 2.82. The summed E-state index contributed by atoms with van der Waals surface area (Å²) in [6.07, 6.45) is 1.95. The van der Waals surface area contributed by atoms with Crippen LogP contribution in [0.15, 0.2) is 29.2 Å². The number of rotatable bonds is 4. The van der Waals surface area contributed by atoms with Gasteiger partial charge in [0.15, 0.2) is 0 Å². The van der Waals surface area contributed by atoms with Gasteiger partial charge in [-0.1, -0.05) is 6.07 Å². The van der Waals surface area contributed by atoms with E-state index in [9.17, 15) is 9.59 Å². The largest absolute Gasteiger partial charge is 0.480 e. The second kappa shape index (κ2) is 5.97. The number of amides is 2. The molecule has 6 heteroatoms. The summed E-state index contributed by atoms with van der Waals surface area (Å²) < 4.78 is 0. The van der Waals surface area contributed by atoms with Gasteiger partial charge in [0, 0.05) is 17.6 Å². The number of carbonyl (C=O) groups excluding carboxylic acids is 1. The number of urea groups is 1. The molecule has 1 aromatic rings. The Hall–Kier alpha value is -1.69. The molecule has 0 radical (unpaired) electrons. The molecule has 0 bridgehead atoms. The number of aliphatic carboxylic acids is 1. The molecule has 2 N–H and O–H groups in total. The molecule has 0 saturated heterocycles. The highest BCUT2D eigenvalue weighted by Crippen LogP contribution is 2.20. The van der Waals surface area contributed by atoms with Crippen molar-refractivity contribution in [1.29, 1.82) is 0 Å². The van der Waals surface area contributed by atoms with E-state index >= 15 is 0 Å². The molecule has 5 nitrogen and oxygen atoms in total. The van der Waals surface area contributed by atoms with E-state index < -0.39 is 17.5 Å². The fraction of sp³-hybridized carbons (Fsp3) is 0.385. The van der Waals surface area contributed by atoms with Crippen molar-refractivity contribution in [2.75, 3.05) is 18.6 Å². The molecular weight excluding hydrogens is 264 g/mol. The summed E-state index contributed by atoms with van der Waals surface area (Å²) in [5, 5.41) is 11.8. The van der Waals surface area contributed by atoms with Crippen molar-refractivity contribution >= 4 is 29.4 Å². The van der Waals surface area contributed by atoms with Gasteiger partial charge in [-0.05, 0) is 38.3 Å². The summed E-state index contributed by atoms with van der Waals surface area (Å²) in [5.41, 5.74) is -0.619. The lowest BCUT2D eigenvalue weighted by Gasteiger charge is -2.31. The van der Waals surface area contributed by atoms with Crippen LogP contribution in [0.3, 0.4) is 0 Å². The number of hydrogen-bond acceptors (Lipinski definition) is 3. The maximum Gasteiger partial charge on any atom is 0.329 e. The Kier molecular flexibility index (Phi) is 4.83. The van der Waals surface area contributed by atoms with E-state index in [2.05, 4.69) is 5.32 Å². The van der Waals surface area contributed by atoms with Crippen LogP contribution in [-0.4, -0.2) is 40.8 Å². The standard InChI is InChI=1S/C13H18N2O3S/c1-13(2,11(16)17)15(3)12(18)14-9-6-5-7-10(8-9)19-4/h5-8H,1-4H3,(H,14,18)(H,16,17). The highest BCUT2D eigenvalue weighted by molar-refractivity contribution is 7.98. The van der Waals surface area contributed by atoms with Crippen molar-refractivity contribution in [2.45, 2.75) is 24.3 Å². The van der Waals surface area contributed by atoms with Gasteiger partial charge in [-0.3, -0.25) is 0 Å². The van der Waals surface area contributed by atoms with Gasteiger partial charge in [-0.15, -0.1) is 11.8 Å². The van der Waals surface area contributed by atoms with Crippen molar-refractivity contribution in [2.24, 2.45) is 0 Å². The Morgan fingerprint density at radius 3 is 2.53 bits per heavy atom. The molecule has 0 saturated carbocycles. The zero-order valence-corrected chi connectivity index (χ0v) is 12.2. The molecular formula is C13H18N2O3S. The summed E-state index contributed by atoms with van der Waals surface area (Å²) in [5.74, 6) is -1.05. The van der Waals surface area contributed by atoms with E-state index in [4.69, 9.17) is 5.11 Å². The molecule has 1 aromatic carbocycles. The zero-order valence-electron chi connectivity index (χ0n) is 11.4. The lowest BCUT2D eigenvalue weighted by atomic mass is 10.1. The minimum atomic E-state index is -1.26. The molecule has 2 amide bonds. The molecule has 0 spiro atoms. The highest BCUT2D eigenvalue weighted by atomic mass is 32.2. The van der Waals surface area contributed by atoms with Crippen molar-refractivity contribution in [3.63, 3.8) is 0 Å². The number of nitrogens with one attached hydrogen (secondary N) is 1. The van der Waals surface area contributed by atoms with Crippen LogP contribution in [0.5, 0.6) is 0 Å². The van der Waals surface area contributed by atoms with Crippen LogP contribution in [-0.2, 0) is 4.79 Å². The smallest absolute Gasteiger partial charge is 0.329 e. The molecule has 19 heavy (non-hydrogen) atoms. The van der Waals surface area contributed by atoms with Crippen molar-refractivity contribution in [3.05, 3.63) is 24.3 Å². The van der Waals surface area contributed by atoms with E-state index in [0.29, 0.717) is 5.69 Å². The third kappa shape index (κ3) is 3.64. The predicted octanol–water partition coefficient (Wildman–Crippen LogP) is 2.74. The number of carbonyl (C=O) groups is 2. The first-order valence-corrected chi connectivity index (χ1v) is 6.93. The Bertz CT molecular complexity index is 489. The van der Waals surface area contributed by atoms with E-state index in [-0.39, 0.29) is 0 Å². The lowest BCUT2D eigenvalue weighted by molar-refractivity contribution is -0.146. The van der Waals surface area contributed by atoms with Crippen molar-refractivity contribution in [1.82, 2.24) is 4.90 Å². The third-order valence-corrected chi connectivity index (χ3v) is 3.71. The lowest BCUT2D eigenvalue weighted by Crippen LogP contribution is -2.52. The number of benzene rings is 1. The van der Waals surface area contributed by atoms with Gasteiger partial charge < -0.3 is 15.3 Å². The molecule has 0 aliphatic carbocycles. The van der Waals surface area contributed by atoms with Crippen LogP contribution >= 0.6 is 11.8 Å². The Morgan fingerprint density at radius 2 is 2.00 bits per heavy atom. The van der Waals surface area contributed by atoms with Crippen LogP contribution in [0, 0.1) is 0 Å². The van der Waals surface area contributed by atoms with Crippen LogP contribution in [0.2, 0.25) is 0 Å². The second-order valence-electron chi connectivity index (χ2n) is 4.59. The van der Waals surface area contributed by atoms with Crippen LogP contribution in [0.1, 0.15) is 13.8 Å². The normalized spacial score (nSPS) is 10.9. The van der Waals surface area contributed by atoms with E-state index in [1.807, 2.05) is 24.5 Å². The average molecular weight is 282 g/mol. The number of likely N-dealkylation sites (N-methyl/N-ethyl adjacent to an activating group) is 1. The van der Waals surface area contributed by atoms with Crippen molar-refractivity contribution in [3.8, 4) is 0 Å². The van der Waals surface area contributed by atoms with E-state index in [0.717, 1.165) is 4.90 Å². The number of anilines is 1. The molecule has 0 atom stereocenters. The fourth-order valence-corrected chi connectivity index (χ4v) is 1.76. The number of nitrogens with zero attached hydrogens (tertiary/aromatic N) is 1. The topological polar surface area (TPSA) is 69.6 Å². The molecule has 0 unspecified atom stereocenters. The van der Waals surface area contributed by atoms with Crippen molar-refractivity contribution < 1.29 is 14.7 Å². The highest BCUT2D eigenvalue weighted by Gasteiger charge is 2.35. The molecule has 0 aromatic heterocycles. The van der Waals surface area contributed by atoms with Gasteiger partial charge in [0.05, 0.1) is 0 Å². The van der Waals surface area contributed by atoms with Crippen LogP contribution in [0.4, 0.5) is 10.5 Å². The summed E-state index contributed by atoms with van der Waals surface area (Å²) in [7, 11) is 1.46. The number of thioether (sulfide) groups is 1. The molecule has 0 aliphatic heterocycles. The predicted molar refractivity (Wildman–Crippen MR) is 76.7 cm³/mol. The minimum absolute atomic E-state index is 0.453. The van der Waals surface area contributed by atoms with E-state index in [1.165, 1.54) is 25.8 Å². The number of carboxylic acid groups (broad SMARTS) is 1. The molecule has 0 aliphatic rings. The first kappa shape index (κ1) is 15.4. The first-order chi connectivity index (χ1) is 8.78. The summed E-state index contributed by atoms with van der Waals surface area (Å²) >= 11 is 1.57. The summed E-state index contributed by atoms with van der Waals surface area (Å²) in [6, 6.07) is 6.92. The third-order valence-electron chi connectivity index (χ3n) is 2.99. The summed E-state index contributed by atoms with van der Waals surface area (Å²) in [4.78, 5) is 25.3. The van der Waals surface area contributed by atoms with E-state index in [1.54, 1.807) is 17.8 Å². The van der Waals surface area contributed by atoms with Gasteiger partial charge in [0.1, 0.15) is 5.54 Å². The maximum atomic E-state index is 12.0. The van der Waals surface area contributed by atoms with Gasteiger partial charge in [0.25, 0.3) is 0 Å². The van der Waals surface area contributed by atoms with Gasteiger partial charge in [0.2, 0.25) is 0 Å². The summed E-state index contributed by atoms with van der Waals surface area (Å²) in [6.45, 7) is 2.96. The second-order valence-corrected chi connectivity index (χ2v) is 5.46. The van der Waals surface area contributed by atoms with Crippen LogP contribution < -0.4 is 5.32 Å². The molecule has 104 valence electrons. The van der Waals surface area contributed by atoms with Crippen LogP contribution in [0.25, 0.3) is 0 Å². The Labute approximate surface area is 117 Å². The first-order valence-electron chi connectivity index (χ1n) is 5.71. The number of carboxylic acids is 1. The molecule has 1 rings (SSSR count). The fourth-order valence-electron chi connectivity index (χ4n) is 1.31. The minimum Gasteiger partial charge on any atom is -0.480 e. The monoisotopic (exact) mass is 282 g/mol. The molecule has 0 heterocycles. The molecule has 0 fully saturated rings. The number of hydrogen-bond donors (Lipinski definition) is 2. The SMILES string of the molecule is CSc1cccc(NC(=O)N(C)C(C)(C)C(=O)O)c1. The van der Waals surface area contributed by atoms with Gasteiger partial charge >= 0.3 is 12.0 Å². The van der Waals surface area contributed by atoms with Gasteiger partial charge in [-0.2, -0.15) is 0 Å². The van der Waals surface area contributed by atoms with Gasteiger partial charge in [-0.25, -0.2) is 9.59 Å². The average Bonchev–Trinajstić information content (AvgIpc) is 2.37.